The number of nitrogens with zero attached hydrogens (tertiary/aromatic N) is 3. The van der Waals surface area contributed by atoms with E-state index < -0.39 is 59.1 Å². The predicted molar refractivity (Wildman–Crippen MR) is 190 cm³/mol. The van der Waals surface area contributed by atoms with E-state index in [1.165, 1.54) is 15.9 Å². The summed E-state index contributed by atoms with van der Waals surface area (Å²) in [6.07, 6.45) is 7.73. The van der Waals surface area contributed by atoms with Crippen molar-refractivity contribution in [3.63, 3.8) is 0 Å². The van der Waals surface area contributed by atoms with E-state index in [0.717, 1.165) is 37.8 Å². The third-order valence-corrected chi connectivity index (χ3v) is 10.9. The van der Waals surface area contributed by atoms with Crippen LogP contribution < -0.4 is 10.6 Å². The van der Waals surface area contributed by atoms with E-state index in [1.54, 1.807) is 32.9 Å². The average molecular weight is 733 g/mol. The molecule has 5 atom stereocenters. The first-order chi connectivity index (χ1) is 25.3. The number of aromatic nitrogens is 2. The largest absolute Gasteiger partial charge is 0.444 e. The Kier molecular flexibility index (Phi) is 10.1. The van der Waals surface area contributed by atoms with Crippen LogP contribution in [0.3, 0.4) is 0 Å². The van der Waals surface area contributed by atoms with E-state index >= 15 is 0 Å². The molecule has 0 bridgehead atoms. The summed E-state index contributed by atoms with van der Waals surface area (Å²) in [7, 11) is 0. The molecule has 2 aliphatic carbocycles. The van der Waals surface area contributed by atoms with Gasteiger partial charge in [-0.05, 0) is 77.0 Å². The Bertz CT molecular complexity index is 1800. The van der Waals surface area contributed by atoms with Crippen molar-refractivity contribution in [3.8, 4) is 0 Å². The zero-order chi connectivity index (χ0) is 37.5. The summed E-state index contributed by atoms with van der Waals surface area (Å²) in [4.78, 5) is 71.9. The Hall–Kier alpha value is -4.75. The third kappa shape index (κ3) is 8.26. The van der Waals surface area contributed by atoms with Gasteiger partial charge in [-0.25, -0.2) is 14.0 Å². The van der Waals surface area contributed by atoms with E-state index in [1.807, 2.05) is 18.2 Å². The molecule has 1 aromatic heterocycles. The second kappa shape index (κ2) is 14.6. The molecule has 1 aromatic carbocycles. The summed E-state index contributed by atoms with van der Waals surface area (Å²) in [5.41, 5.74) is 0.785. The second-order valence-electron chi connectivity index (χ2n) is 16.2. The van der Waals surface area contributed by atoms with E-state index in [4.69, 9.17) is 9.47 Å². The summed E-state index contributed by atoms with van der Waals surface area (Å²) in [5.74, 6) is -1.38. The molecule has 0 radical (unpaired) electrons. The summed E-state index contributed by atoms with van der Waals surface area (Å²) < 4.78 is 25.8. The molecule has 14 heteroatoms. The fourth-order valence-corrected chi connectivity index (χ4v) is 7.80. The van der Waals surface area contributed by atoms with Gasteiger partial charge in [0.05, 0.1) is 25.2 Å². The van der Waals surface area contributed by atoms with E-state index in [-0.39, 0.29) is 44.2 Å². The van der Waals surface area contributed by atoms with Crippen molar-refractivity contribution in [2.75, 3.05) is 6.54 Å². The highest BCUT2D eigenvalue weighted by Gasteiger charge is 2.60. The fourth-order valence-electron chi connectivity index (χ4n) is 7.80. The van der Waals surface area contributed by atoms with Gasteiger partial charge in [0.1, 0.15) is 35.1 Å². The quantitative estimate of drug-likeness (QED) is 0.352. The molecular weight excluding hydrogens is 683 g/mol. The van der Waals surface area contributed by atoms with Crippen LogP contribution in [0.25, 0.3) is 0 Å². The van der Waals surface area contributed by atoms with Crippen molar-refractivity contribution >= 4 is 29.8 Å². The number of hydrogen-bond acceptors (Lipinski definition) is 8. The number of carbonyl (C=O) groups is 5. The molecule has 0 spiro atoms. The van der Waals surface area contributed by atoms with Gasteiger partial charge < -0.3 is 25.0 Å². The van der Waals surface area contributed by atoms with Gasteiger partial charge in [-0.3, -0.25) is 24.4 Å². The van der Waals surface area contributed by atoms with Crippen LogP contribution >= 0.6 is 0 Å². The van der Waals surface area contributed by atoms with Crippen LogP contribution in [0.5, 0.6) is 0 Å². The number of nitrogens with one attached hydrogen (secondary N) is 3. The van der Waals surface area contributed by atoms with Crippen LogP contribution in [-0.4, -0.2) is 85.7 Å². The maximum absolute atomic E-state index is 14.5. The topological polar surface area (TPSA) is 163 Å². The van der Waals surface area contributed by atoms with Gasteiger partial charge in [-0.1, -0.05) is 37.1 Å². The van der Waals surface area contributed by atoms with Gasteiger partial charge in [-0.15, -0.1) is 0 Å². The Balaban J connectivity index is 1.12. The number of H-pyrrole nitrogens is 1. The smallest absolute Gasteiger partial charge is 0.410 e. The number of hydrogen-bond donors (Lipinski definition) is 3. The number of ketones is 1. The predicted octanol–water partition coefficient (Wildman–Crippen LogP) is 4.95. The molecule has 3 fully saturated rings. The van der Waals surface area contributed by atoms with Crippen molar-refractivity contribution in [3.05, 3.63) is 64.7 Å². The first-order valence-electron chi connectivity index (χ1n) is 18.9. The number of fused-ring (bicyclic) bond motifs is 3. The molecule has 2 saturated carbocycles. The lowest BCUT2D eigenvalue weighted by Crippen LogP contribution is -2.56. The van der Waals surface area contributed by atoms with E-state index in [0.29, 0.717) is 42.0 Å². The number of rotatable bonds is 6. The number of allylic oxidation sites excluding steroid dienone is 1. The number of aromatic amines is 1. The molecule has 3 aliphatic heterocycles. The van der Waals surface area contributed by atoms with Crippen LogP contribution in [0.4, 0.5) is 14.0 Å². The first kappa shape index (κ1) is 36.6. The highest BCUT2D eigenvalue weighted by atomic mass is 19.1. The molecule has 2 aromatic rings. The van der Waals surface area contributed by atoms with Gasteiger partial charge in [0.15, 0.2) is 5.78 Å². The number of ether oxygens (including phenoxy) is 2. The SMILES string of the molecule is CC(C)(C)OC(=O)N[C@H]1CCCCC/C=C\[C@@H]2C[C@@]2(C(=O)Cc2cc(C3CC3)n[nH]2)NC(=O)[C@@H]2C[C@@H](OC(=O)N3Cc4cccc(F)c4C3)CN2C1=O. The summed E-state index contributed by atoms with van der Waals surface area (Å²) in [6, 6.07) is 4.53. The van der Waals surface area contributed by atoms with Crippen LogP contribution in [0.2, 0.25) is 0 Å². The zero-order valence-corrected chi connectivity index (χ0v) is 30.6. The van der Waals surface area contributed by atoms with Gasteiger partial charge >= 0.3 is 12.2 Å². The summed E-state index contributed by atoms with van der Waals surface area (Å²) >= 11 is 0. The van der Waals surface area contributed by atoms with Gasteiger partial charge in [0, 0.05) is 36.1 Å². The van der Waals surface area contributed by atoms with Crippen molar-refractivity contribution in [2.45, 2.75) is 133 Å². The number of halogens is 1. The van der Waals surface area contributed by atoms with Crippen LogP contribution in [-0.2, 0) is 43.4 Å². The summed E-state index contributed by atoms with van der Waals surface area (Å²) in [5, 5.41) is 13.2. The highest BCUT2D eigenvalue weighted by Crippen LogP contribution is 2.47. The molecule has 13 nitrogen and oxygen atoms in total. The standard InChI is InChI=1S/C39H49FN6O7/c1-38(2,3)53-36(50)41-30-13-8-6-4-5-7-11-25-19-39(25,33(47)17-26-16-31(44-43-26)23-14-15-23)42-34(48)32-18-27(21-46(32)35(30)49)52-37(51)45-20-24-10-9-12-29(40)28(24)22-45/h7,9-12,16,23,25,27,30,32H,4-6,8,13-15,17-22H2,1-3H3,(H,41,50)(H,42,48)(H,43,44)/b11-7-/t25-,27-,30+,32+,39-/m1/s1. The number of amides is 4. The minimum Gasteiger partial charge on any atom is -0.444 e. The minimum absolute atomic E-state index is 0.0201. The molecule has 5 aliphatic rings. The van der Waals surface area contributed by atoms with Crippen molar-refractivity contribution in [1.82, 2.24) is 30.6 Å². The molecule has 4 heterocycles. The third-order valence-electron chi connectivity index (χ3n) is 10.9. The zero-order valence-electron chi connectivity index (χ0n) is 30.6. The molecule has 284 valence electrons. The second-order valence-corrected chi connectivity index (χ2v) is 16.2. The van der Waals surface area contributed by atoms with Crippen LogP contribution in [0.15, 0.2) is 36.4 Å². The maximum Gasteiger partial charge on any atom is 0.410 e. The van der Waals surface area contributed by atoms with E-state index in [2.05, 4.69) is 20.8 Å². The average Bonchev–Trinajstić information content (AvgIpc) is 3.87. The number of Topliss-reactive ketones (excluding diaryl/α,β-unsaturated/α-hetero) is 1. The van der Waals surface area contributed by atoms with Crippen LogP contribution in [0.1, 0.15) is 107 Å². The first-order valence-corrected chi connectivity index (χ1v) is 18.9. The van der Waals surface area contributed by atoms with Gasteiger partial charge in [0.25, 0.3) is 0 Å². The molecular formula is C39H49FN6O7. The van der Waals surface area contributed by atoms with E-state index in [9.17, 15) is 28.4 Å². The number of alkyl carbamates (subject to hydrolysis) is 1. The Morgan fingerprint density at radius 1 is 1.09 bits per heavy atom. The van der Waals surface area contributed by atoms with Crippen molar-refractivity contribution in [1.29, 1.82) is 0 Å². The molecule has 7 rings (SSSR count). The van der Waals surface area contributed by atoms with Crippen molar-refractivity contribution in [2.24, 2.45) is 5.92 Å². The molecule has 0 unspecified atom stereocenters. The summed E-state index contributed by atoms with van der Waals surface area (Å²) in [6.45, 7) is 5.29. The van der Waals surface area contributed by atoms with Crippen LogP contribution in [0, 0.1) is 11.7 Å². The molecule has 3 N–H and O–H groups in total. The fraction of sp³-hybridized carbons (Fsp3) is 0.590. The Morgan fingerprint density at radius 2 is 1.91 bits per heavy atom. The number of carbonyl (C=O) groups excluding carboxylic acids is 5. The molecule has 1 saturated heterocycles. The van der Waals surface area contributed by atoms with Gasteiger partial charge in [-0.2, -0.15) is 5.10 Å². The monoisotopic (exact) mass is 732 g/mol. The maximum atomic E-state index is 14.5. The lowest BCUT2D eigenvalue weighted by atomic mass is 10.0. The Morgan fingerprint density at radius 3 is 2.66 bits per heavy atom. The lowest BCUT2D eigenvalue weighted by Gasteiger charge is -2.30. The lowest BCUT2D eigenvalue weighted by molar-refractivity contribution is -0.141. The normalized spacial score (nSPS) is 28.1. The minimum atomic E-state index is -1.17. The van der Waals surface area contributed by atoms with Crippen molar-refractivity contribution < 1.29 is 37.8 Å². The highest BCUT2D eigenvalue weighted by molar-refractivity contribution is 6.00. The number of benzene rings is 1. The molecule has 4 amide bonds. The van der Waals surface area contributed by atoms with Gasteiger partial charge in [0.2, 0.25) is 11.8 Å². The molecule has 53 heavy (non-hydrogen) atoms. The Labute approximate surface area is 308 Å².